The van der Waals surface area contributed by atoms with Gasteiger partial charge in [0, 0.05) is 30.9 Å². The molecule has 0 saturated carbocycles. The van der Waals surface area contributed by atoms with E-state index in [1.54, 1.807) is 12.1 Å². The Morgan fingerprint density at radius 1 is 1.15 bits per heavy atom. The van der Waals surface area contributed by atoms with Gasteiger partial charge < -0.3 is 19.2 Å². The third-order valence-corrected chi connectivity index (χ3v) is 3.87. The van der Waals surface area contributed by atoms with Crippen LogP contribution in [-0.2, 0) is 6.42 Å². The number of nitrogens with zero attached hydrogens (tertiary/aromatic N) is 2. The number of carbonyl (C=O) groups is 1. The molecule has 2 heterocycles. The molecule has 3 rings (SSSR count). The van der Waals surface area contributed by atoms with E-state index in [1.165, 1.54) is 0 Å². The second kappa shape index (κ2) is 8.38. The van der Waals surface area contributed by atoms with Crippen LogP contribution in [0.4, 0.5) is 0 Å². The molecule has 136 valence electrons. The first-order chi connectivity index (χ1) is 12.7. The smallest absolute Gasteiger partial charge is 0.251 e. The maximum atomic E-state index is 12.3. The van der Waals surface area contributed by atoms with Gasteiger partial charge in [0.1, 0.15) is 5.75 Å². The number of aromatic nitrogens is 2. The van der Waals surface area contributed by atoms with Gasteiger partial charge in [0.15, 0.2) is 11.4 Å². The predicted molar refractivity (Wildman–Crippen MR) is 100 cm³/mol. The standard InChI is InChI=1S/C20H23N3O3/c1-3-25-17-8-5-7-15(13-17)20(24)21-11-10-16-14-23-12-6-9-18(26-4-2)19(23)22-16/h5-9,12-14H,3-4,10-11H2,1-2H3,(H,21,24). The van der Waals surface area contributed by atoms with Crippen LogP contribution in [-0.4, -0.2) is 35.1 Å². The lowest BCUT2D eigenvalue weighted by molar-refractivity contribution is 0.0953. The van der Waals surface area contributed by atoms with Crippen molar-refractivity contribution in [3.63, 3.8) is 0 Å². The van der Waals surface area contributed by atoms with Crippen molar-refractivity contribution in [2.45, 2.75) is 20.3 Å². The Hall–Kier alpha value is -3.02. The number of benzene rings is 1. The van der Waals surface area contributed by atoms with Gasteiger partial charge in [-0.05, 0) is 44.2 Å². The molecular weight excluding hydrogens is 330 g/mol. The molecule has 0 spiro atoms. The SMILES string of the molecule is CCOc1cccc(C(=O)NCCc2cn3cccc(OCC)c3n2)c1. The molecule has 0 radical (unpaired) electrons. The zero-order valence-electron chi connectivity index (χ0n) is 15.1. The van der Waals surface area contributed by atoms with Crippen LogP contribution in [0, 0.1) is 0 Å². The molecule has 0 aliphatic heterocycles. The van der Waals surface area contributed by atoms with E-state index >= 15 is 0 Å². The van der Waals surface area contributed by atoms with Gasteiger partial charge in [0.2, 0.25) is 0 Å². The summed E-state index contributed by atoms with van der Waals surface area (Å²) < 4.78 is 13.0. The minimum atomic E-state index is -0.120. The van der Waals surface area contributed by atoms with Crippen LogP contribution in [0.2, 0.25) is 0 Å². The summed E-state index contributed by atoms with van der Waals surface area (Å²) >= 11 is 0. The van der Waals surface area contributed by atoms with Gasteiger partial charge in [-0.25, -0.2) is 4.98 Å². The van der Waals surface area contributed by atoms with Crippen LogP contribution in [0.5, 0.6) is 11.5 Å². The van der Waals surface area contributed by atoms with Crippen molar-refractivity contribution in [1.82, 2.24) is 14.7 Å². The average molecular weight is 353 g/mol. The molecule has 3 aromatic rings. The number of amides is 1. The first-order valence-corrected chi connectivity index (χ1v) is 8.81. The van der Waals surface area contributed by atoms with E-state index in [0.717, 1.165) is 17.1 Å². The lowest BCUT2D eigenvalue weighted by atomic mass is 10.2. The van der Waals surface area contributed by atoms with Crippen LogP contribution in [0.15, 0.2) is 48.8 Å². The summed E-state index contributed by atoms with van der Waals surface area (Å²) in [4.78, 5) is 16.9. The Kier molecular flexibility index (Phi) is 5.73. The van der Waals surface area contributed by atoms with Crippen LogP contribution in [0.25, 0.3) is 5.65 Å². The Morgan fingerprint density at radius 2 is 2.00 bits per heavy atom. The molecule has 2 aromatic heterocycles. The molecule has 0 saturated heterocycles. The van der Waals surface area contributed by atoms with Gasteiger partial charge in [-0.2, -0.15) is 0 Å². The average Bonchev–Trinajstić information content (AvgIpc) is 3.06. The van der Waals surface area contributed by atoms with Gasteiger partial charge in [-0.15, -0.1) is 0 Å². The summed E-state index contributed by atoms with van der Waals surface area (Å²) in [6, 6.07) is 11.0. The van der Waals surface area contributed by atoms with Crippen molar-refractivity contribution in [2.75, 3.05) is 19.8 Å². The molecule has 6 heteroatoms. The molecule has 1 N–H and O–H groups in total. The molecule has 0 unspecified atom stereocenters. The summed E-state index contributed by atoms with van der Waals surface area (Å²) in [5.74, 6) is 1.34. The molecule has 0 fully saturated rings. The minimum absolute atomic E-state index is 0.120. The van der Waals surface area contributed by atoms with E-state index in [2.05, 4.69) is 10.3 Å². The zero-order valence-corrected chi connectivity index (χ0v) is 15.1. The molecule has 0 bridgehead atoms. The van der Waals surface area contributed by atoms with Gasteiger partial charge in [-0.3, -0.25) is 4.79 Å². The molecular formula is C20H23N3O3. The predicted octanol–water partition coefficient (Wildman–Crippen LogP) is 3.10. The fourth-order valence-corrected chi connectivity index (χ4v) is 2.73. The summed E-state index contributed by atoms with van der Waals surface area (Å²) in [6.07, 6.45) is 4.54. The minimum Gasteiger partial charge on any atom is -0.494 e. The van der Waals surface area contributed by atoms with Crippen LogP contribution < -0.4 is 14.8 Å². The van der Waals surface area contributed by atoms with Crippen molar-refractivity contribution in [3.05, 3.63) is 60.0 Å². The number of hydrogen-bond acceptors (Lipinski definition) is 4. The Morgan fingerprint density at radius 3 is 2.81 bits per heavy atom. The van der Waals surface area contributed by atoms with E-state index in [4.69, 9.17) is 9.47 Å². The highest BCUT2D eigenvalue weighted by atomic mass is 16.5. The van der Waals surface area contributed by atoms with E-state index in [1.807, 2.05) is 54.9 Å². The van der Waals surface area contributed by atoms with Gasteiger partial charge in [0.05, 0.1) is 18.9 Å². The summed E-state index contributed by atoms with van der Waals surface area (Å²) in [5.41, 5.74) is 2.28. The van der Waals surface area contributed by atoms with E-state index in [0.29, 0.717) is 37.5 Å². The maximum Gasteiger partial charge on any atom is 0.251 e. The van der Waals surface area contributed by atoms with E-state index in [-0.39, 0.29) is 5.91 Å². The molecule has 0 aliphatic rings. The second-order valence-corrected chi connectivity index (χ2v) is 5.74. The summed E-state index contributed by atoms with van der Waals surface area (Å²) in [7, 11) is 0. The quantitative estimate of drug-likeness (QED) is 0.676. The van der Waals surface area contributed by atoms with Crippen molar-refractivity contribution in [2.24, 2.45) is 0 Å². The zero-order chi connectivity index (χ0) is 18.4. The first-order valence-electron chi connectivity index (χ1n) is 8.81. The summed E-state index contributed by atoms with van der Waals surface area (Å²) in [6.45, 7) is 5.54. The van der Waals surface area contributed by atoms with Crippen LogP contribution in [0.1, 0.15) is 29.9 Å². The Balaban J connectivity index is 1.61. The molecule has 0 atom stereocenters. The monoisotopic (exact) mass is 353 g/mol. The fourth-order valence-electron chi connectivity index (χ4n) is 2.73. The molecule has 1 aromatic carbocycles. The third kappa shape index (κ3) is 4.14. The molecule has 6 nitrogen and oxygen atoms in total. The fraction of sp³-hybridized carbons (Fsp3) is 0.300. The molecule has 1 amide bonds. The van der Waals surface area contributed by atoms with Crippen molar-refractivity contribution in [1.29, 1.82) is 0 Å². The number of nitrogens with one attached hydrogen (secondary N) is 1. The lowest BCUT2D eigenvalue weighted by Crippen LogP contribution is -2.25. The second-order valence-electron chi connectivity index (χ2n) is 5.74. The first kappa shape index (κ1) is 17.8. The summed E-state index contributed by atoms with van der Waals surface area (Å²) in [5, 5.41) is 2.93. The van der Waals surface area contributed by atoms with Gasteiger partial charge in [-0.1, -0.05) is 6.07 Å². The largest absolute Gasteiger partial charge is 0.494 e. The number of hydrogen-bond donors (Lipinski definition) is 1. The van der Waals surface area contributed by atoms with Gasteiger partial charge in [0.25, 0.3) is 5.91 Å². The number of rotatable bonds is 8. The van der Waals surface area contributed by atoms with Crippen LogP contribution in [0.3, 0.4) is 0 Å². The molecule has 26 heavy (non-hydrogen) atoms. The maximum absolute atomic E-state index is 12.3. The Labute approximate surface area is 152 Å². The third-order valence-electron chi connectivity index (χ3n) is 3.87. The number of fused-ring (bicyclic) bond motifs is 1. The highest BCUT2D eigenvalue weighted by Gasteiger charge is 2.09. The molecule has 0 aliphatic carbocycles. The Bertz CT molecular complexity index is 889. The van der Waals surface area contributed by atoms with E-state index < -0.39 is 0 Å². The van der Waals surface area contributed by atoms with Crippen LogP contribution >= 0.6 is 0 Å². The van der Waals surface area contributed by atoms with Gasteiger partial charge >= 0.3 is 0 Å². The topological polar surface area (TPSA) is 64.9 Å². The highest BCUT2D eigenvalue weighted by Crippen LogP contribution is 2.19. The van der Waals surface area contributed by atoms with Crippen molar-refractivity contribution >= 4 is 11.6 Å². The number of carbonyl (C=O) groups excluding carboxylic acids is 1. The number of imidazole rings is 1. The highest BCUT2D eigenvalue weighted by molar-refractivity contribution is 5.94. The lowest BCUT2D eigenvalue weighted by Gasteiger charge is -2.07. The van der Waals surface area contributed by atoms with E-state index in [9.17, 15) is 4.79 Å². The number of pyridine rings is 1. The van der Waals surface area contributed by atoms with Crippen molar-refractivity contribution < 1.29 is 14.3 Å². The van der Waals surface area contributed by atoms with Crippen molar-refractivity contribution in [3.8, 4) is 11.5 Å². The number of ether oxygens (including phenoxy) is 2. The normalized spacial score (nSPS) is 10.7.